The van der Waals surface area contributed by atoms with Gasteiger partial charge in [0.25, 0.3) is 0 Å². The molecule has 0 amide bonds. The fourth-order valence-electron chi connectivity index (χ4n) is 12.5. The van der Waals surface area contributed by atoms with Crippen LogP contribution in [0.25, 0.3) is 0 Å². The van der Waals surface area contributed by atoms with E-state index >= 15 is 0 Å². The van der Waals surface area contributed by atoms with E-state index in [9.17, 15) is 9.13 Å². The van der Waals surface area contributed by atoms with Crippen LogP contribution in [-0.4, -0.2) is 178 Å². The number of benzene rings is 4. The lowest BCUT2D eigenvalue weighted by Crippen LogP contribution is -2.53. The van der Waals surface area contributed by atoms with Gasteiger partial charge in [0.15, 0.2) is 5.82 Å². The molecule has 4 N–H and O–H groups in total. The predicted octanol–water partition coefficient (Wildman–Crippen LogP) is 11.0. The number of rotatable bonds is 18. The van der Waals surface area contributed by atoms with Crippen molar-refractivity contribution in [3.63, 3.8) is 0 Å². The maximum Gasteiger partial charge on any atom is 0.229 e. The molecule has 4 fully saturated rings. The summed E-state index contributed by atoms with van der Waals surface area (Å²) < 4.78 is 39.0. The van der Waals surface area contributed by atoms with E-state index in [4.69, 9.17) is 36.0 Å². The molecule has 0 aliphatic carbocycles. The number of methoxy groups -OCH3 is 2. The normalized spacial score (nSPS) is 17.6. The summed E-state index contributed by atoms with van der Waals surface area (Å²) in [6.45, 7) is 30.5. The van der Waals surface area contributed by atoms with E-state index in [0.717, 1.165) is 171 Å². The van der Waals surface area contributed by atoms with Crippen molar-refractivity contribution >= 4 is 94.2 Å². The fraction of sp³-hybridized carbons (Fsp3) is 0.492. The molecule has 84 heavy (non-hydrogen) atoms. The lowest BCUT2D eigenvalue weighted by atomic mass is 10.00. The van der Waals surface area contributed by atoms with E-state index in [2.05, 4.69) is 114 Å². The van der Waals surface area contributed by atoms with Crippen LogP contribution in [0.2, 0.25) is 5.02 Å². The number of halogens is 1. The largest absolute Gasteiger partial charge is 0.494 e. The third-order valence-corrected chi connectivity index (χ3v) is 20.8. The topological polar surface area (TPSA) is 172 Å². The number of likely N-dealkylation sites (N-methyl/N-ethyl adjacent to an activating group) is 1. The number of hydrogen-bond donors (Lipinski definition) is 4. The van der Waals surface area contributed by atoms with Gasteiger partial charge in [-0.2, -0.15) is 9.97 Å². The summed E-state index contributed by atoms with van der Waals surface area (Å²) >= 11 is 6.61. The lowest BCUT2D eigenvalue weighted by Gasteiger charge is -2.43. The summed E-state index contributed by atoms with van der Waals surface area (Å²) in [7, 11) is 0.393. The standard InChI is InChI=1S/C63H87ClN14O4P2/c1-41-13-15-49(58(33-41)83(9,10)79)66-60-45(5)53(70-63(71-60)69-52-36-44(4)55(38-57(52)82-8)77-21-17-46(18-22-77)75-29-25-73(6)26-30-75)40-74-27-31-76(32-28-74)47-19-23-78(24-20-47)54-37-56(81-7)51(35-43(54)3)68-62-65-39-48(64)61(72-62)67-50-16-14-42(2)34-59(50)84(11,12)80/h13-16,33-39,46-47H,17-32,40H2,1-12H3,(H2,65,67,68,72)(H2,66,69,70,71). The summed E-state index contributed by atoms with van der Waals surface area (Å²) in [6, 6.07) is 21.6. The van der Waals surface area contributed by atoms with Gasteiger partial charge in [0.1, 0.15) is 36.6 Å². The average Bonchev–Trinajstić information content (AvgIpc) is 2.40. The van der Waals surface area contributed by atoms with Crippen LogP contribution < -0.4 is 51.1 Å². The van der Waals surface area contributed by atoms with Crippen molar-refractivity contribution in [3.8, 4) is 11.5 Å². The molecule has 4 aliphatic rings. The molecule has 18 nitrogen and oxygen atoms in total. The van der Waals surface area contributed by atoms with Crippen LogP contribution in [0.4, 0.5) is 57.7 Å². The Morgan fingerprint density at radius 3 is 1.48 bits per heavy atom. The quantitative estimate of drug-likeness (QED) is 0.0599. The monoisotopic (exact) mass is 1200 g/mol. The highest BCUT2D eigenvalue weighted by molar-refractivity contribution is 7.70. The van der Waals surface area contributed by atoms with Crippen molar-refractivity contribution in [2.45, 2.75) is 78.9 Å². The summed E-state index contributed by atoms with van der Waals surface area (Å²) in [4.78, 5) is 35.0. The van der Waals surface area contributed by atoms with Crippen LogP contribution in [-0.2, 0) is 15.7 Å². The Morgan fingerprint density at radius 2 is 1.00 bits per heavy atom. The number of ether oxygens (including phenoxy) is 2. The van der Waals surface area contributed by atoms with E-state index in [1.54, 1.807) is 33.7 Å². The zero-order valence-corrected chi connectivity index (χ0v) is 53.9. The van der Waals surface area contributed by atoms with Gasteiger partial charge in [-0.05, 0) is 142 Å². The SMILES string of the molecule is COc1cc(N2CCC(N3CCN(Cc4nc(Nc5cc(C)c(N6CCC(N7CCN(C)CC7)CC6)cc5OC)nc(Nc5ccc(C)cc5P(C)(C)=O)c4C)CC3)CC2)c(C)cc1Nc1ncc(Cl)c(Nc2ccc(C)cc2P(C)(C)=O)n1. The fourth-order valence-corrected chi connectivity index (χ4v) is 15.1. The highest BCUT2D eigenvalue weighted by Gasteiger charge is 2.32. The second kappa shape index (κ2) is 25.9. The predicted molar refractivity (Wildman–Crippen MR) is 349 cm³/mol. The minimum atomic E-state index is -2.64. The first kappa shape index (κ1) is 61.1. The maximum absolute atomic E-state index is 13.7. The third-order valence-electron chi connectivity index (χ3n) is 17.5. The molecule has 2 aromatic heterocycles. The van der Waals surface area contributed by atoms with E-state index < -0.39 is 14.3 Å². The van der Waals surface area contributed by atoms with Gasteiger partial charge in [-0.3, -0.25) is 14.7 Å². The average molecular weight is 1200 g/mol. The maximum atomic E-state index is 13.7. The Morgan fingerprint density at radius 1 is 0.548 bits per heavy atom. The van der Waals surface area contributed by atoms with E-state index in [-0.39, 0.29) is 0 Å². The van der Waals surface area contributed by atoms with Crippen molar-refractivity contribution in [1.82, 2.24) is 39.5 Å². The van der Waals surface area contributed by atoms with Crippen LogP contribution in [0.15, 0.2) is 66.9 Å². The smallest absolute Gasteiger partial charge is 0.229 e. The Balaban J connectivity index is 0.795. The van der Waals surface area contributed by atoms with E-state index in [0.29, 0.717) is 58.6 Å². The number of aryl methyl sites for hydroxylation is 4. The van der Waals surface area contributed by atoms with Crippen LogP contribution >= 0.6 is 25.9 Å². The molecule has 6 heterocycles. The van der Waals surface area contributed by atoms with Crippen molar-refractivity contribution in [2.75, 3.05) is 158 Å². The Bertz CT molecular complexity index is 3440. The molecule has 0 radical (unpaired) electrons. The summed E-state index contributed by atoms with van der Waals surface area (Å²) in [5.74, 6) is 3.34. The third kappa shape index (κ3) is 14.3. The molecule has 6 aromatic rings. The van der Waals surface area contributed by atoms with Crippen molar-refractivity contribution < 1.29 is 18.6 Å². The molecular formula is C63H87ClN14O4P2. The van der Waals surface area contributed by atoms with Gasteiger partial charge in [0.2, 0.25) is 11.9 Å². The number of hydrogen-bond acceptors (Lipinski definition) is 18. The second-order valence-corrected chi connectivity index (χ2v) is 31.1. The zero-order valence-electron chi connectivity index (χ0n) is 51.4. The van der Waals surface area contributed by atoms with Crippen LogP contribution in [0.1, 0.15) is 59.2 Å². The molecule has 4 saturated heterocycles. The first-order valence-corrected chi connectivity index (χ1v) is 35.3. The molecule has 0 bridgehead atoms. The molecule has 4 aliphatic heterocycles. The second-order valence-electron chi connectivity index (χ2n) is 24.4. The van der Waals surface area contributed by atoms with Gasteiger partial charge in [0.05, 0.1) is 48.9 Å². The Hall–Kier alpha value is -5.97. The lowest BCUT2D eigenvalue weighted by molar-refractivity contribution is 0.0804. The number of piperidine rings is 2. The minimum Gasteiger partial charge on any atom is -0.494 e. The highest BCUT2D eigenvalue weighted by Crippen LogP contribution is 2.43. The van der Waals surface area contributed by atoms with Crippen LogP contribution in [0.3, 0.4) is 0 Å². The van der Waals surface area contributed by atoms with Gasteiger partial charge in [-0.25, -0.2) is 9.97 Å². The van der Waals surface area contributed by atoms with Crippen molar-refractivity contribution in [3.05, 3.63) is 105 Å². The molecule has 0 spiro atoms. The van der Waals surface area contributed by atoms with E-state index in [1.165, 1.54) is 11.3 Å². The minimum absolute atomic E-state index is 0.345. The number of piperazine rings is 2. The number of nitrogens with one attached hydrogen (secondary N) is 4. The molecule has 0 unspecified atom stereocenters. The highest BCUT2D eigenvalue weighted by atomic mass is 35.5. The van der Waals surface area contributed by atoms with Gasteiger partial charge < -0.3 is 54.6 Å². The van der Waals surface area contributed by atoms with Crippen LogP contribution in [0, 0.1) is 34.6 Å². The molecule has 21 heteroatoms. The molecule has 4 aromatic carbocycles. The molecular weight excluding hydrogens is 1110 g/mol. The first-order chi connectivity index (χ1) is 40.1. The molecule has 10 rings (SSSR count). The molecule has 450 valence electrons. The number of nitrogens with zero attached hydrogens (tertiary/aromatic N) is 10. The molecule has 0 saturated carbocycles. The van der Waals surface area contributed by atoms with Gasteiger partial charge in [0, 0.05) is 137 Å². The summed E-state index contributed by atoms with van der Waals surface area (Å²) in [5.41, 5.74) is 11.7. The van der Waals surface area contributed by atoms with Gasteiger partial charge >= 0.3 is 0 Å². The number of aromatic nitrogens is 4. The van der Waals surface area contributed by atoms with Crippen LogP contribution in [0.5, 0.6) is 11.5 Å². The Labute approximate surface area is 503 Å². The molecule has 0 atom stereocenters. The van der Waals surface area contributed by atoms with Gasteiger partial charge in [-0.1, -0.05) is 34.9 Å². The number of anilines is 10. The van der Waals surface area contributed by atoms with Crippen molar-refractivity contribution in [2.24, 2.45) is 0 Å². The Kier molecular flexibility index (Phi) is 18.9. The zero-order chi connectivity index (χ0) is 59.6. The first-order valence-electron chi connectivity index (χ1n) is 29.7. The van der Waals surface area contributed by atoms with Crippen molar-refractivity contribution in [1.29, 1.82) is 0 Å². The van der Waals surface area contributed by atoms with E-state index in [1.807, 2.05) is 57.5 Å². The van der Waals surface area contributed by atoms with Gasteiger partial charge in [-0.15, -0.1) is 0 Å². The summed E-state index contributed by atoms with van der Waals surface area (Å²) in [5, 5.41) is 15.8. The summed E-state index contributed by atoms with van der Waals surface area (Å²) in [6.07, 6.45) is 5.99.